The van der Waals surface area contributed by atoms with Crippen molar-refractivity contribution in [2.24, 2.45) is 0 Å². The zero-order valence-electron chi connectivity index (χ0n) is 17.7. The first-order chi connectivity index (χ1) is 14.7. The van der Waals surface area contributed by atoms with Gasteiger partial charge >= 0.3 is 12.1 Å². The molecule has 3 aromatic rings. The van der Waals surface area contributed by atoms with Crippen LogP contribution in [0.2, 0.25) is 0 Å². The molecule has 3 aromatic heterocycles. The quantitative estimate of drug-likeness (QED) is 0.497. The molecule has 3 N–H and O–H groups in total. The van der Waals surface area contributed by atoms with Crippen molar-refractivity contribution in [1.29, 1.82) is 0 Å². The Hall–Kier alpha value is -3.47. The van der Waals surface area contributed by atoms with Crippen LogP contribution in [0.3, 0.4) is 0 Å². The van der Waals surface area contributed by atoms with Gasteiger partial charge in [-0.2, -0.15) is 0 Å². The number of fused-ring (bicyclic) bond motifs is 1. The lowest BCUT2D eigenvalue weighted by atomic mass is 10.2. The van der Waals surface area contributed by atoms with E-state index in [1.54, 1.807) is 40.3 Å². The van der Waals surface area contributed by atoms with Gasteiger partial charge in [0.1, 0.15) is 21.7 Å². The van der Waals surface area contributed by atoms with E-state index in [-0.39, 0.29) is 13.1 Å². The van der Waals surface area contributed by atoms with E-state index in [2.05, 4.69) is 30.9 Å². The van der Waals surface area contributed by atoms with Crippen LogP contribution in [-0.4, -0.2) is 52.9 Å². The third-order valence-electron chi connectivity index (χ3n) is 3.80. The highest BCUT2D eigenvalue weighted by Gasteiger charge is 2.15. The first kappa shape index (κ1) is 22.2. The SMILES string of the molecule is COc1cncc(-c2ccc3nc(NC(=O)NCCNC(=O)OC(C)(C)C)sc3n2)c1. The first-order valence-corrected chi connectivity index (χ1v) is 10.3. The Labute approximate surface area is 183 Å². The third-order valence-corrected chi connectivity index (χ3v) is 4.68. The summed E-state index contributed by atoms with van der Waals surface area (Å²) in [5, 5.41) is 8.31. The highest BCUT2D eigenvalue weighted by molar-refractivity contribution is 7.21. The number of hydrogen-bond acceptors (Lipinski definition) is 8. The number of nitrogens with one attached hydrogen (secondary N) is 3. The number of rotatable bonds is 6. The van der Waals surface area contributed by atoms with E-state index < -0.39 is 17.7 Å². The Kier molecular flexibility index (Phi) is 6.85. The van der Waals surface area contributed by atoms with Gasteiger partial charge in [0.25, 0.3) is 0 Å². The van der Waals surface area contributed by atoms with Crippen LogP contribution >= 0.6 is 11.3 Å². The summed E-state index contributed by atoms with van der Waals surface area (Å²) < 4.78 is 10.3. The lowest BCUT2D eigenvalue weighted by Gasteiger charge is -2.19. The summed E-state index contributed by atoms with van der Waals surface area (Å²) in [6, 6.07) is 5.09. The zero-order chi connectivity index (χ0) is 22.4. The average molecular weight is 445 g/mol. The van der Waals surface area contributed by atoms with Crippen molar-refractivity contribution in [2.45, 2.75) is 26.4 Å². The van der Waals surface area contributed by atoms with Crippen LogP contribution in [0, 0.1) is 0 Å². The Morgan fingerprint density at radius 2 is 1.87 bits per heavy atom. The molecule has 0 bridgehead atoms. The summed E-state index contributed by atoms with van der Waals surface area (Å²) in [6.07, 6.45) is 2.79. The minimum Gasteiger partial charge on any atom is -0.495 e. The summed E-state index contributed by atoms with van der Waals surface area (Å²) in [5.41, 5.74) is 1.65. The van der Waals surface area contributed by atoms with Gasteiger partial charge in [-0.05, 0) is 39.0 Å². The monoisotopic (exact) mass is 444 g/mol. The topological polar surface area (TPSA) is 127 Å². The molecule has 0 radical (unpaired) electrons. The number of urea groups is 1. The first-order valence-electron chi connectivity index (χ1n) is 9.52. The van der Waals surface area contributed by atoms with Gasteiger partial charge in [0.05, 0.1) is 19.0 Å². The number of aromatic nitrogens is 3. The third kappa shape index (κ3) is 6.51. The van der Waals surface area contributed by atoms with Crippen LogP contribution in [0.15, 0.2) is 30.6 Å². The van der Waals surface area contributed by atoms with E-state index in [1.165, 1.54) is 11.3 Å². The van der Waals surface area contributed by atoms with Gasteiger partial charge in [0.15, 0.2) is 5.13 Å². The second-order valence-corrected chi connectivity index (χ2v) is 8.44. The number of amides is 3. The van der Waals surface area contributed by atoms with Crippen molar-refractivity contribution < 1.29 is 19.1 Å². The zero-order valence-corrected chi connectivity index (χ0v) is 18.5. The number of alkyl carbamates (subject to hydrolysis) is 1. The van der Waals surface area contributed by atoms with Crippen LogP contribution in [0.25, 0.3) is 21.6 Å². The number of nitrogens with zero attached hydrogens (tertiary/aromatic N) is 3. The summed E-state index contributed by atoms with van der Waals surface area (Å²) in [5.74, 6) is 0.642. The molecular formula is C20H24N6O4S. The molecule has 3 amide bonds. The second-order valence-electron chi connectivity index (χ2n) is 7.46. The largest absolute Gasteiger partial charge is 0.495 e. The van der Waals surface area contributed by atoms with Crippen molar-refractivity contribution in [3.8, 4) is 17.0 Å². The van der Waals surface area contributed by atoms with Crippen LogP contribution in [0.4, 0.5) is 14.7 Å². The van der Waals surface area contributed by atoms with Crippen LogP contribution in [-0.2, 0) is 4.74 Å². The molecule has 10 nitrogen and oxygen atoms in total. The second kappa shape index (κ2) is 9.56. The van der Waals surface area contributed by atoms with Gasteiger partial charge in [-0.3, -0.25) is 10.3 Å². The highest BCUT2D eigenvalue weighted by atomic mass is 32.1. The fourth-order valence-corrected chi connectivity index (χ4v) is 3.33. The van der Waals surface area contributed by atoms with E-state index >= 15 is 0 Å². The van der Waals surface area contributed by atoms with E-state index in [9.17, 15) is 9.59 Å². The molecule has 3 heterocycles. The van der Waals surface area contributed by atoms with Crippen molar-refractivity contribution >= 4 is 38.9 Å². The molecule has 0 unspecified atom stereocenters. The van der Waals surface area contributed by atoms with Crippen molar-refractivity contribution in [3.63, 3.8) is 0 Å². The predicted octanol–water partition coefficient (Wildman–Crippen LogP) is 3.41. The fraction of sp³-hybridized carbons (Fsp3) is 0.350. The highest BCUT2D eigenvalue weighted by Crippen LogP contribution is 2.28. The van der Waals surface area contributed by atoms with E-state index in [0.717, 1.165) is 11.3 Å². The number of hydrogen-bond donors (Lipinski definition) is 3. The van der Waals surface area contributed by atoms with Crippen molar-refractivity contribution in [2.75, 3.05) is 25.5 Å². The van der Waals surface area contributed by atoms with Crippen LogP contribution in [0.5, 0.6) is 5.75 Å². The smallest absolute Gasteiger partial charge is 0.407 e. The van der Waals surface area contributed by atoms with Gasteiger partial charge < -0.3 is 20.1 Å². The maximum atomic E-state index is 12.1. The number of carbonyl (C=O) groups excluding carboxylic acids is 2. The van der Waals surface area contributed by atoms with Gasteiger partial charge in [0.2, 0.25) is 0 Å². The molecule has 164 valence electrons. The fourth-order valence-electron chi connectivity index (χ4n) is 2.50. The van der Waals surface area contributed by atoms with Gasteiger partial charge in [-0.25, -0.2) is 19.6 Å². The molecule has 0 saturated carbocycles. The van der Waals surface area contributed by atoms with E-state index in [4.69, 9.17) is 9.47 Å². The molecule has 0 saturated heterocycles. The number of carbonyl (C=O) groups is 2. The van der Waals surface area contributed by atoms with E-state index in [1.807, 2.05) is 18.2 Å². The Morgan fingerprint density at radius 3 is 2.61 bits per heavy atom. The lowest BCUT2D eigenvalue weighted by molar-refractivity contribution is 0.0528. The Bertz CT molecular complexity index is 1080. The molecule has 31 heavy (non-hydrogen) atoms. The van der Waals surface area contributed by atoms with Gasteiger partial charge in [0, 0.05) is 24.8 Å². The number of pyridine rings is 2. The summed E-state index contributed by atoms with van der Waals surface area (Å²) in [6.45, 7) is 5.81. The number of methoxy groups -OCH3 is 1. The maximum absolute atomic E-state index is 12.1. The molecule has 0 fully saturated rings. The Morgan fingerprint density at radius 1 is 1.10 bits per heavy atom. The molecule has 0 aliphatic rings. The van der Waals surface area contributed by atoms with Gasteiger partial charge in [-0.15, -0.1) is 0 Å². The molecular weight excluding hydrogens is 420 g/mol. The standard InChI is InChI=1S/C20H24N6O4S/c1-20(2,3)30-19(28)23-8-7-22-17(27)26-18-25-15-6-5-14(24-16(15)31-18)12-9-13(29-4)11-21-10-12/h5-6,9-11H,7-8H2,1-4H3,(H,23,28)(H2,22,25,26,27). The van der Waals surface area contributed by atoms with Gasteiger partial charge in [-0.1, -0.05) is 11.3 Å². The summed E-state index contributed by atoms with van der Waals surface area (Å²) in [7, 11) is 1.58. The molecule has 0 aliphatic heterocycles. The predicted molar refractivity (Wildman–Crippen MR) is 118 cm³/mol. The number of anilines is 1. The van der Waals surface area contributed by atoms with Crippen LogP contribution in [0.1, 0.15) is 20.8 Å². The minimum atomic E-state index is -0.571. The maximum Gasteiger partial charge on any atom is 0.407 e. The normalized spacial score (nSPS) is 11.1. The van der Waals surface area contributed by atoms with Crippen molar-refractivity contribution in [3.05, 3.63) is 30.6 Å². The number of thiazole rings is 1. The van der Waals surface area contributed by atoms with E-state index in [0.29, 0.717) is 21.2 Å². The Balaban J connectivity index is 1.54. The molecule has 0 aliphatic carbocycles. The minimum absolute atomic E-state index is 0.237. The molecule has 11 heteroatoms. The molecule has 0 aromatic carbocycles. The number of ether oxygens (including phenoxy) is 2. The lowest BCUT2D eigenvalue weighted by Crippen LogP contribution is -2.39. The molecule has 0 atom stereocenters. The van der Waals surface area contributed by atoms with Crippen LogP contribution < -0.4 is 20.7 Å². The summed E-state index contributed by atoms with van der Waals surface area (Å²) >= 11 is 1.26. The molecule has 0 spiro atoms. The average Bonchev–Trinajstić information content (AvgIpc) is 3.11. The molecule has 3 rings (SSSR count). The summed E-state index contributed by atoms with van der Waals surface area (Å²) in [4.78, 5) is 37.4. The van der Waals surface area contributed by atoms with Crippen molar-refractivity contribution in [1.82, 2.24) is 25.6 Å².